The number of carbonyl (C=O) groups is 1. The van der Waals surface area contributed by atoms with E-state index in [0.717, 1.165) is 45.3 Å². The summed E-state index contributed by atoms with van der Waals surface area (Å²) in [6, 6.07) is 0.901. The lowest BCUT2D eigenvalue weighted by Gasteiger charge is -2.48. The van der Waals surface area contributed by atoms with Crippen LogP contribution in [-0.2, 0) is 14.3 Å². The first kappa shape index (κ1) is 16.7. The van der Waals surface area contributed by atoms with E-state index in [1.165, 1.54) is 7.11 Å². The highest BCUT2D eigenvalue weighted by Gasteiger charge is 2.45. The minimum absolute atomic E-state index is 0.121. The minimum atomic E-state index is -0.516. The van der Waals surface area contributed by atoms with Gasteiger partial charge in [-0.2, -0.15) is 0 Å². The van der Waals surface area contributed by atoms with Gasteiger partial charge in [0.1, 0.15) is 5.54 Å². The van der Waals surface area contributed by atoms with Crippen molar-refractivity contribution in [2.75, 3.05) is 27.3 Å². The average Bonchev–Trinajstić information content (AvgIpc) is 2.53. The van der Waals surface area contributed by atoms with Gasteiger partial charge in [-0.25, -0.2) is 0 Å². The van der Waals surface area contributed by atoms with Crippen LogP contribution in [0.5, 0.6) is 0 Å². The molecule has 0 aromatic heterocycles. The highest BCUT2D eigenvalue weighted by atomic mass is 16.5. The fourth-order valence-corrected chi connectivity index (χ4v) is 3.91. The first-order valence-electron chi connectivity index (χ1n) is 8.21. The van der Waals surface area contributed by atoms with E-state index in [-0.39, 0.29) is 12.1 Å². The molecule has 1 aliphatic heterocycles. The highest BCUT2D eigenvalue weighted by molar-refractivity contribution is 5.81. The summed E-state index contributed by atoms with van der Waals surface area (Å²) in [6.07, 6.45) is 5.28. The SMILES string of the molecule is CCC1COC(C)CN1C1CCCC(NC)(C(=O)OC)C1. The minimum Gasteiger partial charge on any atom is -0.468 e. The highest BCUT2D eigenvalue weighted by Crippen LogP contribution is 2.34. The number of ether oxygens (including phenoxy) is 2. The summed E-state index contributed by atoms with van der Waals surface area (Å²) >= 11 is 0. The first-order chi connectivity index (χ1) is 10.1. The molecule has 4 atom stereocenters. The lowest BCUT2D eigenvalue weighted by Crippen LogP contribution is -2.61. The van der Waals surface area contributed by atoms with Crippen LogP contribution < -0.4 is 5.32 Å². The lowest BCUT2D eigenvalue weighted by molar-refractivity contribution is -0.152. The van der Waals surface area contributed by atoms with Crippen LogP contribution in [0.1, 0.15) is 46.0 Å². The monoisotopic (exact) mass is 298 g/mol. The molecular weight excluding hydrogens is 268 g/mol. The van der Waals surface area contributed by atoms with Gasteiger partial charge in [-0.15, -0.1) is 0 Å². The molecule has 1 heterocycles. The molecule has 1 aliphatic carbocycles. The Bertz CT molecular complexity index is 363. The molecule has 0 radical (unpaired) electrons. The number of carbonyl (C=O) groups excluding carboxylic acids is 1. The Hall–Kier alpha value is -0.650. The number of hydrogen-bond donors (Lipinski definition) is 1. The van der Waals surface area contributed by atoms with Crippen molar-refractivity contribution in [2.45, 2.75) is 69.7 Å². The van der Waals surface area contributed by atoms with Gasteiger partial charge in [0.05, 0.1) is 19.8 Å². The quantitative estimate of drug-likeness (QED) is 0.798. The van der Waals surface area contributed by atoms with Crippen LogP contribution >= 0.6 is 0 Å². The Morgan fingerprint density at radius 1 is 1.52 bits per heavy atom. The van der Waals surface area contributed by atoms with Crippen molar-refractivity contribution < 1.29 is 14.3 Å². The van der Waals surface area contributed by atoms with Crippen molar-refractivity contribution in [3.05, 3.63) is 0 Å². The van der Waals surface area contributed by atoms with E-state index >= 15 is 0 Å². The Labute approximate surface area is 128 Å². The standard InChI is InChI=1S/C16H30N2O3/c1-5-13-11-21-12(2)10-18(13)14-7-6-8-16(9-14,17-3)15(19)20-4/h12-14,17H,5-11H2,1-4H3. The number of methoxy groups -OCH3 is 1. The van der Waals surface area contributed by atoms with Crippen LogP contribution in [0.2, 0.25) is 0 Å². The van der Waals surface area contributed by atoms with Gasteiger partial charge in [0.25, 0.3) is 0 Å². The third kappa shape index (κ3) is 3.41. The molecule has 0 aromatic rings. The van der Waals surface area contributed by atoms with Crippen molar-refractivity contribution in [1.82, 2.24) is 10.2 Å². The second-order valence-electron chi connectivity index (χ2n) is 6.48. The second kappa shape index (κ2) is 7.07. The van der Waals surface area contributed by atoms with Crippen molar-refractivity contribution in [2.24, 2.45) is 0 Å². The third-order valence-corrected chi connectivity index (χ3v) is 5.23. The lowest BCUT2D eigenvalue weighted by atomic mass is 9.77. The number of esters is 1. The Kier molecular flexibility index (Phi) is 5.63. The van der Waals surface area contributed by atoms with Gasteiger partial charge in [-0.05, 0) is 46.1 Å². The number of morpholine rings is 1. The normalized spacial score (nSPS) is 38.2. The van der Waals surface area contributed by atoms with Crippen molar-refractivity contribution in [1.29, 1.82) is 0 Å². The number of nitrogens with one attached hydrogen (secondary N) is 1. The van der Waals surface area contributed by atoms with Crippen LogP contribution in [-0.4, -0.2) is 61.9 Å². The Balaban J connectivity index is 2.13. The van der Waals surface area contributed by atoms with E-state index in [2.05, 4.69) is 24.1 Å². The van der Waals surface area contributed by atoms with Gasteiger partial charge < -0.3 is 14.8 Å². The van der Waals surface area contributed by atoms with Crippen LogP contribution in [0.25, 0.3) is 0 Å². The molecule has 1 N–H and O–H groups in total. The van der Waals surface area contributed by atoms with E-state index in [9.17, 15) is 4.79 Å². The topological polar surface area (TPSA) is 50.8 Å². The smallest absolute Gasteiger partial charge is 0.326 e. The molecule has 2 fully saturated rings. The molecule has 21 heavy (non-hydrogen) atoms. The summed E-state index contributed by atoms with van der Waals surface area (Å²) in [5.74, 6) is -0.121. The van der Waals surface area contributed by atoms with E-state index in [0.29, 0.717) is 12.1 Å². The van der Waals surface area contributed by atoms with Gasteiger partial charge in [0.2, 0.25) is 0 Å². The molecule has 122 valence electrons. The zero-order valence-corrected chi connectivity index (χ0v) is 13.9. The summed E-state index contributed by atoms with van der Waals surface area (Å²) in [6.45, 7) is 6.11. The summed E-state index contributed by atoms with van der Waals surface area (Å²) in [5, 5.41) is 3.25. The fraction of sp³-hybridized carbons (Fsp3) is 0.938. The van der Waals surface area contributed by atoms with Crippen LogP contribution in [0.15, 0.2) is 0 Å². The third-order valence-electron chi connectivity index (χ3n) is 5.23. The number of rotatable bonds is 4. The van der Waals surface area contributed by atoms with Crippen molar-refractivity contribution >= 4 is 5.97 Å². The molecule has 0 bridgehead atoms. The van der Waals surface area contributed by atoms with Gasteiger partial charge in [-0.1, -0.05) is 6.92 Å². The van der Waals surface area contributed by atoms with Gasteiger partial charge in [0, 0.05) is 18.6 Å². The second-order valence-corrected chi connectivity index (χ2v) is 6.48. The molecule has 5 nitrogen and oxygen atoms in total. The largest absolute Gasteiger partial charge is 0.468 e. The zero-order chi connectivity index (χ0) is 15.5. The Morgan fingerprint density at radius 2 is 2.29 bits per heavy atom. The fourth-order valence-electron chi connectivity index (χ4n) is 3.91. The number of hydrogen-bond acceptors (Lipinski definition) is 5. The van der Waals surface area contributed by atoms with E-state index in [4.69, 9.17) is 9.47 Å². The molecule has 0 spiro atoms. The molecule has 1 saturated carbocycles. The number of nitrogens with zero attached hydrogens (tertiary/aromatic N) is 1. The predicted molar refractivity (Wildman–Crippen MR) is 82.3 cm³/mol. The molecule has 4 unspecified atom stereocenters. The Morgan fingerprint density at radius 3 is 2.90 bits per heavy atom. The molecular formula is C16H30N2O3. The molecule has 0 aromatic carbocycles. The van der Waals surface area contributed by atoms with Crippen molar-refractivity contribution in [3.8, 4) is 0 Å². The van der Waals surface area contributed by atoms with Gasteiger partial charge >= 0.3 is 5.97 Å². The van der Waals surface area contributed by atoms with E-state index < -0.39 is 5.54 Å². The average molecular weight is 298 g/mol. The molecule has 1 saturated heterocycles. The van der Waals surface area contributed by atoms with Gasteiger partial charge in [0.15, 0.2) is 0 Å². The van der Waals surface area contributed by atoms with Crippen LogP contribution in [0.3, 0.4) is 0 Å². The maximum atomic E-state index is 12.2. The molecule has 2 aliphatic rings. The van der Waals surface area contributed by atoms with Gasteiger partial charge in [-0.3, -0.25) is 9.69 Å². The van der Waals surface area contributed by atoms with E-state index in [1.807, 2.05) is 7.05 Å². The maximum absolute atomic E-state index is 12.2. The number of likely N-dealkylation sites (N-methyl/N-ethyl adjacent to an activating group) is 1. The van der Waals surface area contributed by atoms with Crippen LogP contribution in [0, 0.1) is 0 Å². The van der Waals surface area contributed by atoms with Crippen LogP contribution in [0.4, 0.5) is 0 Å². The van der Waals surface area contributed by atoms with Crippen molar-refractivity contribution in [3.63, 3.8) is 0 Å². The summed E-state index contributed by atoms with van der Waals surface area (Å²) in [5.41, 5.74) is -0.516. The molecule has 0 amide bonds. The zero-order valence-electron chi connectivity index (χ0n) is 13.9. The molecule has 2 rings (SSSR count). The predicted octanol–water partition coefficient (Wildman–Crippen LogP) is 1.56. The first-order valence-corrected chi connectivity index (χ1v) is 8.21. The molecule has 5 heteroatoms. The maximum Gasteiger partial charge on any atom is 0.326 e. The summed E-state index contributed by atoms with van der Waals surface area (Å²) in [4.78, 5) is 14.8. The van der Waals surface area contributed by atoms with E-state index in [1.54, 1.807) is 0 Å². The summed E-state index contributed by atoms with van der Waals surface area (Å²) < 4.78 is 10.8. The summed E-state index contributed by atoms with van der Waals surface area (Å²) in [7, 11) is 3.36.